The number of hydrogen-bond donors (Lipinski definition) is 1. The van der Waals surface area contributed by atoms with E-state index in [0.717, 1.165) is 18.5 Å². The van der Waals surface area contributed by atoms with Crippen molar-refractivity contribution in [2.45, 2.75) is 18.9 Å². The van der Waals surface area contributed by atoms with E-state index in [1.54, 1.807) is 6.33 Å². The molecule has 0 atom stereocenters. The molecule has 0 aliphatic heterocycles. The summed E-state index contributed by atoms with van der Waals surface area (Å²) in [7, 11) is 0. The molecule has 0 unspecified atom stereocenters. The Kier molecular flexibility index (Phi) is 1.71. The highest BCUT2D eigenvalue weighted by molar-refractivity contribution is 5.81. The lowest BCUT2D eigenvalue weighted by Gasteiger charge is -2.10. The van der Waals surface area contributed by atoms with Gasteiger partial charge in [0.2, 0.25) is 0 Å². The molecule has 0 fully saturated rings. The number of nitrogens with two attached hydrogens (primary N) is 1. The van der Waals surface area contributed by atoms with Gasteiger partial charge in [0.25, 0.3) is 0 Å². The van der Waals surface area contributed by atoms with Gasteiger partial charge in [0.1, 0.15) is 11.8 Å². The smallest absolute Gasteiger partial charge is 0.165 e. The summed E-state index contributed by atoms with van der Waals surface area (Å²) < 4.78 is 2.08. The number of allylic oxidation sites excluding steroid dienone is 2. The highest BCUT2D eigenvalue weighted by atomic mass is 15.1. The lowest BCUT2D eigenvalue weighted by Crippen LogP contribution is -2.04. The van der Waals surface area contributed by atoms with Crippen LogP contribution in [0, 0.1) is 0 Å². The molecule has 76 valence electrons. The summed E-state index contributed by atoms with van der Waals surface area (Å²) in [4.78, 5) is 12.4. The predicted octanol–water partition coefficient (Wildman–Crippen LogP) is 1.30. The van der Waals surface area contributed by atoms with Crippen LogP contribution in [0.4, 0.5) is 5.82 Å². The van der Waals surface area contributed by atoms with Gasteiger partial charge in [-0.2, -0.15) is 0 Å². The van der Waals surface area contributed by atoms with E-state index in [4.69, 9.17) is 5.73 Å². The molecule has 0 amide bonds. The van der Waals surface area contributed by atoms with E-state index in [1.807, 2.05) is 0 Å². The molecule has 0 saturated carbocycles. The zero-order valence-corrected chi connectivity index (χ0v) is 8.17. The molecule has 0 bridgehead atoms. The fraction of sp³-hybridized carbons (Fsp3) is 0.300. The van der Waals surface area contributed by atoms with E-state index in [9.17, 15) is 0 Å². The van der Waals surface area contributed by atoms with E-state index in [2.05, 4.69) is 31.7 Å². The molecule has 3 rings (SSSR count). The van der Waals surface area contributed by atoms with Crippen LogP contribution in [0.5, 0.6) is 0 Å². The molecule has 1 aliphatic rings. The molecule has 2 N–H and O–H groups in total. The first-order valence-corrected chi connectivity index (χ1v) is 4.94. The van der Waals surface area contributed by atoms with Crippen molar-refractivity contribution in [3.05, 3.63) is 24.8 Å². The third-order valence-corrected chi connectivity index (χ3v) is 2.76. The minimum Gasteiger partial charge on any atom is -0.382 e. The van der Waals surface area contributed by atoms with Crippen molar-refractivity contribution in [2.24, 2.45) is 0 Å². The molecule has 0 saturated heterocycles. The number of nitrogen functional groups attached to an aromatic ring is 1. The fourth-order valence-corrected chi connectivity index (χ4v) is 1.97. The Morgan fingerprint density at radius 2 is 2.00 bits per heavy atom. The van der Waals surface area contributed by atoms with E-state index < -0.39 is 0 Å². The van der Waals surface area contributed by atoms with Crippen LogP contribution in [-0.4, -0.2) is 19.5 Å². The van der Waals surface area contributed by atoms with Crippen molar-refractivity contribution in [1.82, 2.24) is 19.5 Å². The summed E-state index contributed by atoms with van der Waals surface area (Å²) in [5, 5.41) is 0. The first-order chi connectivity index (χ1) is 7.36. The first kappa shape index (κ1) is 8.40. The molecular weight excluding hydrogens is 190 g/mol. The summed E-state index contributed by atoms with van der Waals surface area (Å²) >= 11 is 0. The van der Waals surface area contributed by atoms with Gasteiger partial charge in [0.05, 0.1) is 6.33 Å². The monoisotopic (exact) mass is 201 g/mol. The number of fused-ring (bicyclic) bond motifs is 1. The molecule has 2 heterocycles. The third kappa shape index (κ3) is 1.20. The number of hydrogen-bond acceptors (Lipinski definition) is 4. The zero-order chi connectivity index (χ0) is 10.3. The average molecular weight is 201 g/mol. The summed E-state index contributed by atoms with van der Waals surface area (Å²) in [6.07, 6.45) is 9.72. The second kappa shape index (κ2) is 3.05. The van der Waals surface area contributed by atoms with Crippen LogP contribution in [0.3, 0.4) is 0 Å². The van der Waals surface area contributed by atoms with Crippen LogP contribution in [0.15, 0.2) is 24.8 Å². The van der Waals surface area contributed by atoms with Gasteiger partial charge in [-0.15, -0.1) is 0 Å². The molecular formula is C10H11N5. The number of anilines is 1. The lowest BCUT2D eigenvalue weighted by atomic mass is 10.2. The van der Waals surface area contributed by atoms with Gasteiger partial charge in [-0.25, -0.2) is 15.0 Å². The van der Waals surface area contributed by atoms with Crippen LogP contribution >= 0.6 is 0 Å². The molecule has 0 aromatic carbocycles. The van der Waals surface area contributed by atoms with Crippen LogP contribution in [0.1, 0.15) is 18.9 Å². The largest absolute Gasteiger partial charge is 0.382 e. The lowest BCUT2D eigenvalue weighted by molar-refractivity contribution is 0.546. The van der Waals surface area contributed by atoms with Crippen molar-refractivity contribution in [3.8, 4) is 0 Å². The number of nitrogens with zero attached hydrogens (tertiary/aromatic N) is 4. The first-order valence-electron chi connectivity index (χ1n) is 4.94. The fourth-order valence-electron chi connectivity index (χ4n) is 1.97. The van der Waals surface area contributed by atoms with Crippen molar-refractivity contribution in [2.75, 3.05) is 5.73 Å². The third-order valence-electron chi connectivity index (χ3n) is 2.76. The maximum absolute atomic E-state index is 5.73. The van der Waals surface area contributed by atoms with Gasteiger partial charge in [-0.05, 0) is 12.8 Å². The normalized spacial score (nSPS) is 16.5. The maximum Gasteiger partial charge on any atom is 0.165 e. The molecule has 5 nitrogen and oxygen atoms in total. The maximum atomic E-state index is 5.73. The summed E-state index contributed by atoms with van der Waals surface area (Å²) in [5.74, 6) is 0.449. The van der Waals surface area contributed by atoms with E-state index in [0.29, 0.717) is 17.4 Å². The van der Waals surface area contributed by atoms with Crippen LogP contribution < -0.4 is 5.73 Å². The zero-order valence-electron chi connectivity index (χ0n) is 8.17. The topological polar surface area (TPSA) is 69.6 Å². The predicted molar refractivity (Wildman–Crippen MR) is 57.1 cm³/mol. The van der Waals surface area contributed by atoms with Crippen molar-refractivity contribution < 1.29 is 0 Å². The van der Waals surface area contributed by atoms with Crippen molar-refractivity contribution >= 4 is 17.0 Å². The SMILES string of the molecule is Nc1ncnc2c1ncn2C1CC=CC1. The van der Waals surface area contributed by atoms with Crippen LogP contribution in [0.25, 0.3) is 11.2 Å². The Balaban J connectivity index is 2.16. The Morgan fingerprint density at radius 1 is 1.20 bits per heavy atom. The Morgan fingerprint density at radius 3 is 2.80 bits per heavy atom. The number of aromatic nitrogens is 4. The van der Waals surface area contributed by atoms with Gasteiger partial charge in [0.15, 0.2) is 11.5 Å². The summed E-state index contributed by atoms with van der Waals surface area (Å²) in [6, 6.07) is 0.435. The molecule has 1 aliphatic carbocycles. The second-order valence-corrected chi connectivity index (χ2v) is 3.68. The highest BCUT2D eigenvalue weighted by Crippen LogP contribution is 2.27. The van der Waals surface area contributed by atoms with Crippen molar-refractivity contribution in [1.29, 1.82) is 0 Å². The molecule has 5 heteroatoms. The van der Waals surface area contributed by atoms with Crippen LogP contribution in [0.2, 0.25) is 0 Å². The second-order valence-electron chi connectivity index (χ2n) is 3.68. The molecule has 0 radical (unpaired) electrons. The highest BCUT2D eigenvalue weighted by Gasteiger charge is 2.16. The van der Waals surface area contributed by atoms with Gasteiger partial charge >= 0.3 is 0 Å². The van der Waals surface area contributed by atoms with Gasteiger partial charge in [-0.1, -0.05) is 12.2 Å². The Labute approximate surface area is 86.7 Å². The quantitative estimate of drug-likeness (QED) is 0.706. The van der Waals surface area contributed by atoms with Gasteiger partial charge in [-0.3, -0.25) is 0 Å². The molecule has 2 aromatic heterocycles. The summed E-state index contributed by atoms with van der Waals surface area (Å²) in [5.41, 5.74) is 7.25. The molecule has 2 aromatic rings. The van der Waals surface area contributed by atoms with E-state index in [1.165, 1.54) is 6.33 Å². The van der Waals surface area contributed by atoms with Crippen molar-refractivity contribution in [3.63, 3.8) is 0 Å². The minimum atomic E-state index is 0.435. The summed E-state index contributed by atoms with van der Waals surface area (Å²) in [6.45, 7) is 0. The number of imidazole rings is 1. The molecule has 15 heavy (non-hydrogen) atoms. The Hall–Kier alpha value is -1.91. The van der Waals surface area contributed by atoms with E-state index >= 15 is 0 Å². The number of rotatable bonds is 1. The van der Waals surface area contributed by atoms with Crippen LogP contribution in [-0.2, 0) is 0 Å². The standard InChI is InChI=1S/C10H11N5/c11-9-8-10(13-5-12-9)15(6-14-8)7-3-1-2-4-7/h1-2,5-7H,3-4H2,(H2,11,12,13). The molecule has 0 spiro atoms. The van der Waals surface area contributed by atoms with Gasteiger partial charge in [0, 0.05) is 6.04 Å². The Bertz CT molecular complexity index is 520. The minimum absolute atomic E-state index is 0.435. The van der Waals surface area contributed by atoms with E-state index in [-0.39, 0.29) is 0 Å². The van der Waals surface area contributed by atoms with Gasteiger partial charge < -0.3 is 10.3 Å². The average Bonchev–Trinajstić information content (AvgIpc) is 2.85.